The normalized spacial score (nSPS) is 10.8. The molecule has 1 heterocycles. The monoisotopic (exact) mass is 332 g/mol. The van der Waals surface area contributed by atoms with Crippen molar-refractivity contribution in [2.45, 2.75) is 12.8 Å². The van der Waals surface area contributed by atoms with Crippen molar-refractivity contribution in [3.05, 3.63) is 34.7 Å². The van der Waals surface area contributed by atoms with Crippen LogP contribution in [0.15, 0.2) is 22.7 Å². The van der Waals surface area contributed by atoms with Crippen LogP contribution in [0.3, 0.4) is 0 Å². The Hall–Kier alpha value is -1.43. The maximum absolute atomic E-state index is 11.3. The third-order valence-electron chi connectivity index (χ3n) is 2.49. The molecule has 0 aliphatic carbocycles. The van der Waals surface area contributed by atoms with E-state index in [1.54, 1.807) is 13.0 Å². The molecule has 2 rings (SSSR count). The van der Waals surface area contributed by atoms with Crippen molar-refractivity contribution < 1.29 is 14.1 Å². The summed E-state index contributed by atoms with van der Waals surface area (Å²) < 4.78 is 4.86. The highest BCUT2D eigenvalue weighted by atomic mass is 35.5. The Morgan fingerprint density at radius 3 is 2.35 bits per heavy atom. The lowest BCUT2D eigenvalue weighted by molar-refractivity contribution is -0.120. The molecular weight excluding hydrogens is 327 g/mol. The maximum Gasteiger partial charge on any atom is 0.237 e. The fraction of sp³-hybridized carbons (Fsp3) is 0.167. The topological polar surface area (TPSA) is 73.1 Å². The SMILES string of the molecule is Cc1nc(-c2cc(Cl)cc(C(C(=O)Cl)C(=O)Cl)c2)no1. The van der Waals surface area contributed by atoms with E-state index in [2.05, 4.69) is 10.1 Å². The highest BCUT2D eigenvalue weighted by molar-refractivity contribution is 6.74. The molecule has 0 bridgehead atoms. The molecule has 0 saturated carbocycles. The molecule has 0 N–H and O–H groups in total. The van der Waals surface area contributed by atoms with Gasteiger partial charge in [0.25, 0.3) is 0 Å². The van der Waals surface area contributed by atoms with E-state index in [1.165, 1.54) is 12.1 Å². The Morgan fingerprint density at radius 1 is 1.20 bits per heavy atom. The van der Waals surface area contributed by atoms with Crippen LogP contribution < -0.4 is 0 Å². The van der Waals surface area contributed by atoms with Gasteiger partial charge in [-0.05, 0) is 47.0 Å². The number of aryl methyl sites for hydroxylation is 1. The van der Waals surface area contributed by atoms with Crippen molar-refractivity contribution in [3.63, 3.8) is 0 Å². The van der Waals surface area contributed by atoms with Crippen molar-refractivity contribution in [3.8, 4) is 11.4 Å². The van der Waals surface area contributed by atoms with Gasteiger partial charge in [-0.2, -0.15) is 4.98 Å². The van der Waals surface area contributed by atoms with Crippen LogP contribution in [0.25, 0.3) is 11.4 Å². The quantitative estimate of drug-likeness (QED) is 0.634. The van der Waals surface area contributed by atoms with Gasteiger partial charge >= 0.3 is 0 Å². The van der Waals surface area contributed by atoms with E-state index in [4.69, 9.17) is 39.3 Å². The minimum atomic E-state index is -1.29. The van der Waals surface area contributed by atoms with Crippen LogP contribution in [0.1, 0.15) is 17.4 Å². The predicted molar refractivity (Wildman–Crippen MR) is 73.9 cm³/mol. The second-order valence-electron chi connectivity index (χ2n) is 3.95. The zero-order valence-electron chi connectivity index (χ0n) is 10.1. The predicted octanol–water partition coefficient (Wildman–Crippen LogP) is 3.31. The highest BCUT2D eigenvalue weighted by Crippen LogP contribution is 2.29. The Bertz CT molecular complexity index is 670. The minimum Gasteiger partial charge on any atom is -0.339 e. The first kappa shape index (κ1) is 15.0. The van der Waals surface area contributed by atoms with Gasteiger partial charge in [0, 0.05) is 17.5 Å². The summed E-state index contributed by atoms with van der Waals surface area (Å²) in [6.45, 7) is 1.63. The van der Waals surface area contributed by atoms with Crippen LogP contribution in [0, 0.1) is 6.92 Å². The van der Waals surface area contributed by atoms with Gasteiger partial charge in [0.2, 0.25) is 22.2 Å². The van der Waals surface area contributed by atoms with Gasteiger partial charge in [-0.25, -0.2) is 0 Å². The molecule has 20 heavy (non-hydrogen) atoms. The molecule has 0 spiro atoms. The summed E-state index contributed by atoms with van der Waals surface area (Å²) in [5.74, 6) is -0.627. The number of halogens is 3. The number of hydrogen-bond acceptors (Lipinski definition) is 5. The first-order valence-electron chi connectivity index (χ1n) is 5.38. The zero-order valence-corrected chi connectivity index (χ0v) is 12.3. The van der Waals surface area contributed by atoms with Crippen LogP contribution in [0.5, 0.6) is 0 Å². The number of carbonyl (C=O) groups is 2. The zero-order chi connectivity index (χ0) is 14.9. The summed E-state index contributed by atoms with van der Waals surface area (Å²) in [5.41, 5.74) is 0.764. The first-order chi connectivity index (χ1) is 9.38. The Morgan fingerprint density at radius 2 is 1.85 bits per heavy atom. The summed E-state index contributed by atoms with van der Waals surface area (Å²) in [4.78, 5) is 26.7. The summed E-state index contributed by atoms with van der Waals surface area (Å²) in [7, 11) is 0. The Labute approximate surface area is 128 Å². The maximum atomic E-state index is 11.3. The van der Waals surface area contributed by atoms with Crippen molar-refractivity contribution in [2.24, 2.45) is 0 Å². The lowest BCUT2D eigenvalue weighted by Crippen LogP contribution is -2.13. The fourth-order valence-electron chi connectivity index (χ4n) is 1.68. The van der Waals surface area contributed by atoms with Gasteiger partial charge < -0.3 is 4.52 Å². The van der Waals surface area contributed by atoms with Crippen molar-refractivity contribution >= 4 is 45.3 Å². The van der Waals surface area contributed by atoms with E-state index >= 15 is 0 Å². The lowest BCUT2D eigenvalue weighted by atomic mass is 9.99. The molecule has 5 nitrogen and oxygen atoms in total. The smallest absolute Gasteiger partial charge is 0.237 e. The van der Waals surface area contributed by atoms with Crippen LogP contribution in [0.2, 0.25) is 5.02 Å². The average molecular weight is 334 g/mol. The van der Waals surface area contributed by atoms with Crippen LogP contribution in [0.4, 0.5) is 0 Å². The minimum absolute atomic E-state index is 0.273. The molecule has 8 heteroatoms. The van der Waals surface area contributed by atoms with Crippen molar-refractivity contribution in [1.82, 2.24) is 10.1 Å². The van der Waals surface area contributed by atoms with Gasteiger partial charge in [-0.3, -0.25) is 9.59 Å². The molecular formula is C12H7Cl3N2O3. The number of carbonyl (C=O) groups excluding carboxylic acids is 2. The van der Waals surface area contributed by atoms with E-state index < -0.39 is 16.4 Å². The number of nitrogens with zero attached hydrogens (tertiary/aromatic N) is 2. The number of hydrogen-bond donors (Lipinski definition) is 0. The number of aromatic nitrogens is 2. The van der Waals surface area contributed by atoms with Gasteiger partial charge in [0.15, 0.2) is 0 Å². The van der Waals surface area contributed by atoms with Crippen LogP contribution >= 0.6 is 34.8 Å². The van der Waals surface area contributed by atoms with Crippen molar-refractivity contribution in [1.29, 1.82) is 0 Å². The van der Waals surface area contributed by atoms with E-state index in [-0.39, 0.29) is 11.4 Å². The number of rotatable bonds is 4. The second-order valence-corrected chi connectivity index (χ2v) is 5.13. The van der Waals surface area contributed by atoms with Crippen molar-refractivity contribution in [2.75, 3.05) is 0 Å². The van der Waals surface area contributed by atoms with Crippen LogP contribution in [-0.2, 0) is 9.59 Å². The van der Waals surface area contributed by atoms with E-state index in [9.17, 15) is 9.59 Å². The third kappa shape index (κ3) is 3.17. The second kappa shape index (κ2) is 5.91. The molecule has 0 aliphatic rings. The molecule has 0 atom stereocenters. The average Bonchev–Trinajstić information content (AvgIpc) is 2.74. The largest absolute Gasteiger partial charge is 0.339 e. The lowest BCUT2D eigenvalue weighted by Gasteiger charge is -2.09. The van der Waals surface area contributed by atoms with Gasteiger partial charge in [0.05, 0.1) is 0 Å². The molecule has 1 aromatic heterocycles. The standard InChI is InChI=1S/C12H7Cl3N2O3/c1-5-16-12(17-20-5)7-2-6(3-8(13)4-7)9(10(14)18)11(15)19/h2-4,9H,1H3. The van der Waals surface area contributed by atoms with Crippen LogP contribution in [-0.4, -0.2) is 20.6 Å². The molecule has 1 aromatic carbocycles. The molecule has 0 saturated heterocycles. The highest BCUT2D eigenvalue weighted by Gasteiger charge is 2.26. The fourth-order valence-corrected chi connectivity index (χ4v) is 2.43. The molecule has 0 amide bonds. The molecule has 104 valence electrons. The first-order valence-corrected chi connectivity index (χ1v) is 6.51. The van der Waals surface area contributed by atoms with E-state index in [0.29, 0.717) is 16.5 Å². The molecule has 0 unspecified atom stereocenters. The summed E-state index contributed by atoms with van der Waals surface area (Å²) >= 11 is 16.7. The van der Waals surface area contributed by atoms with Gasteiger partial charge in [0.1, 0.15) is 5.92 Å². The number of benzene rings is 1. The van der Waals surface area contributed by atoms with E-state index in [1.807, 2.05) is 0 Å². The molecule has 0 radical (unpaired) electrons. The van der Waals surface area contributed by atoms with Gasteiger partial charge in [-0.1, -0.05) is 16.8 Å². The Balaban J connectivity index is 2.53. The Kier molecular flexibility index (Phi) is 4.42. The van der Waals surface area contributed by atoms with Gasteiger partial charge in [-0.15, -0.1) is 0 Å². The summed E-state index contributed by atoms with van der Waals surface area (Å²) in [5, 5.41) is 2.26. The molecule has 2 aromatic rings. The van der Waals surface area contributed by atoms with E-state index in [0.717, 1.165) is 0 Å². The molecule has 0 aliphatic heterocycles. The summed E-state index contributed by atoms with van der Waals surface area (Å²) in [6.07, 6.45) is 0. The molecule has 0 fully saturated rings. The third-order valence-corrected chi connectivity index (χ3v) is 3.15. The summed E-state index contributed by atoms with van der Waals surface area (Å²) in [6, 6.07) is 4.52.